The molecule has 0 bridgehead atoms. The fourth-order valence-electron chi connectivity index (χ4n) is 1.94. The van der Waals surface area contributed by atoms with Crippen molar-refractivity contribution in [1.82, 2.24) is 4.31 Å². The zero-order valence-corrected chi connectivity index (χ0v) is 13.0. The van der Waals surface area contributed by atoms with E-state index in [9.17, 15) is 8.42 Å². The SMILES string of the molecule is CCN(CCc1ccccc1)S(=O)(=O)c1cc(N)cs1. The summed E-state index contributed by atoms with van der Waals surface area (Å²) in [6, 6.07) is 11.4. The van der Waals surface area contributed by atoms with Crippen LogP contribution < -0.4 is 5.73 Å². The molecule has 0 aliphatic carbocycles. The van der Waals surface area contributed by atoms with E-state index in [0.29, 0.717) is 29.4 Å². The van der Waals surface area contributed by atoms with Gasteiger partial charge in [0, 0.05) is 24.2 Å². The molecule has 0 unspecified atom stereocenters. The van der Waals surface area contributed by atoms with Gasteiger partial charge in [0.2, 0.25) is 0 Å². The lowest BCUT2D eigenvalue weighted by Crippen LogP contribution is -2.32. The second-order valence-electron chi connectivity index (χ2n) is 4.43. The molecule has 0 aliphatic heterocycles. The number of nitrogens with two attached hydrogens (primary N) is 1. The first-order valence-electron chi connectivity index (χ1n) is 6.42. The molecule has 4 nitrogen and oxygen atoms in total. The monoisotopic (exact) mass is 310 g/mol. The quantitative estimate of drug-likeness (QED) is 0.892. The Hall–Kier alpha value is -1.37. The Morgan fingerprint density at radius 2 is 1.95 bits per heavy atom. The highest BCUT2D eigenvalue weighted by molar-refractivity contribution is 7.91. The summed E-state index contributed by atoms with van der Waals surface area (Å²) in [5.41, 5.74) is 7.23. The largest absolute Gasteiger partial charge is 0.398 e. The van der Waals surface area contributed by atoms with Crippen molar-refractivity contribution in [2.75, 3.05) is 18.8 Å². The predicted molar refractivity (Wildman–Crippen MR) is 83.3 cm³/mol. The Morgan fingerprint density at radius 1 is 1.25 bits per heavy atom. The Balaban J connectivity index is 2.12. The molecule has 0 amide bonds. The Morgan fingerprint density at radius 3 is 2.50 bits per heavy atom. The number of nitrogens with zero attached hydrogens (tertiary/aromatic N) is 1. The molecule has 1 heterocycles. The molecule has 20 heavy (non-hydrogen) atoms. The van der Waals surface area contributed by atoms with Crippen LogP contribution in [-0.4, -0.2) is 25.8 Å². The van der Waals surface area contributed by atoms with Gasteiger partial charge in [0.1, 0.15) is 4.21 Å². The molecule has 2 aromatic rings. The average Bonchev–Trinajstić information content (AvgIpc) is 2.88. The normalized spacial score (nSPS) is 11.9. The lowest BCUT2D eigenvalue weighted by Gasteiger charge is -2.19. The Kier molecular flexibility index (Phi) is 4.80. The lowest BCUT2D eigenvalue weighted by molar-refractivity contribution is 0.432. The van der Waals surface area contributed by atoms with Crippen LogP contribution in [0.15, 0.2) is 46.0 Å². The van der Waals surface area contributed by atoms with Gasteiger partial charge in [-0.3, -0.25) is 0 Å². The second kappa shape index (κ2) is 6.39. The van der Waals surface area contributed by atoms with E-state index >= 15 is 0 Å². The maximum Gasteiger partial charge on any atom is 0.252 e. The van der Waals surface area contributed by atoms with E-state index in [1.165, 1.54) is 21.7 Å². The van der Waals surface area contributed by atoms with Crippen LogP contribution in [0.1, 0.15) is 12.5 Å². The van der Waals surface area contributed by atoms with Crippen molar-refractivity contribution in [3.05, 3.63) is 47.3 Å². The van der Waals surface area contributed by atoms with E-state index in [4.69, 9.17) is 5.73 Å². The summed E-state index contributed by atoms with van der Waals surface area (Å²) in [7, 11) is -3.43. The number of hydrogen-bond donors (Lipinski definition) is 1. The van der Waals surface area contributed by atoms with Gasteiger partial charge in [-0.25, -0.2) is 8.42 Å². The molecule has 0 saturated carbocycles. The van der Waals surface area contributed by atoms with Crippen LogP contribution in [0.4, 0.5) is 5.69 Å². The number of nitrogen functional groups attached to an aromatic ring is 1. The van der Waals surface area contributed by atoms with E-state index in [1.807, 2.05) is 37.3 Å². The molecule has 2 N–H and O–H groups in total. The second-order valence-corrected chi connectivity index (χ2v) is 7.51. The summed E-state index contributed by atoms with van der Waals surface area (Å²) in [5, 5.41) is 1.65. The van der Waals surface area contributed by atoms with Gasteiger partial charge in [0.25, 0.3) is 10.0 Å². The molecule has 6 heteroatoms. The topological polar surface area (TPSA) is 63.4 Å². The van der Waals surface area contributed by atoms with E-state index in [-0.39, 0.29) is 0 Å². The van der Waals surface area contributed by atoms with Crippen molar-refractivity contribution < 1.29 is 8.42 Å². The molecule has 0 fully saturated rings. The molecule has 0 saturated heterocycles. The average molecular weight is 310 g/mol. The molecular weight excluding hydrogens is 292 g/mol. The Labute approximate surface area is 123 Å². The number of rotatable bonds is 6. The molecule has 1 aromatic carbocycles. The van der Waals surface area contributed by atoms with Crippen molar-refractivity contribution >= 4 is 27.0 Å². The van der Waals surface area contributed by atoms with Crippen LogP contribution >= 0.6 is 11.3 Å². The summed E-state index contributed by atoms with van der Waals surface area (Å²) in [6.45, 7) is 2.77. The minimum absolute atomic E-state index is 0.310. The highest BCUT2D eigenvalue weighted by Crippen LogP contribution is 2.25. The van der Waals surface area contributed by atoms with Gasteiger partial charge in [-0.15, -0.1) is 11.3 Å². The fourth-order valence-corrected chi connectivity index (χ4v) is 4.62. The van der Waals surface area contributed by atoms with E-state index in [0.717, 1.165) is 5.56 Å². The van der Waals surface area contributed by atoms with Crippen LogP contribution in [0.5, 0.6) is 0 Å². The van der Waals surface area contributed by atoms with Crippen LogP contribution in [0, 0.1) is 0 Å². The smallest absolute Gasteiger partial charge is 0.252 e. The molecule has 2 rings (SSSR count). The van der Waals surface area contributed by atoms with Gasteiger partial charge in [0.05, 0.1) is 0 Å². The zero-order valence-electron chi connectivity index (χ0n) is 11.3. The zero-order chi connectivity index (χ0) is 14.6. The molecule has 1 aromatic heterocycles. The van der Waals surface area contributed by atoms with E-state index in [1.54, 1.807) is 5.38 Å². The number of benzene rings is 1. The maximum absolute atomic E-state index is 12.5. The van der Waals surface area contributed by atoms with Gasteiger partial charge >= 0.3 is 0 Å². The summed E-state index contributed by atoms with van der Waals surface area (Å²) < 4.78 is 26.8. The summed E-state index contributed by atoms with van der Waals surface area (Å²) >= 11 is 1.17. The maximum atomic E-state index is 12.5. The van der Waals surface area contributed by atoms with Crippen molar-refractivity contribution in [3.8, 4) is 0 Å². The third kappa shape index (κ3) is 3.39. The van der Waals surface area contributed by atoms with Gasteiger partial charge in [-0.1, -0.05) is 37.3 Å². The third-order valence-corrected chi connectivity index (χ3v) is 6.44. The van der Waals surface area contributed by atoms with Gasteiger partial charge in [0.15, 0.2) is 0 Å². The number of sulfonamides is 1. The van der Waals surface area contributed by atoms with Crippen molar-refractivity contribution in [2.45, 2.75) is 17.6 Å². The fraction of sp³-hybridized carbons (Fsp3) is 0.286. The molecule has 0 atom stereocenters. The van der Waals surface area contributed by atoms with Crippen molar-refractivity contribution in [1.29, 1.82) is 0 Å². The third-order valence-electron chi connectivity index (χ3n) is 3.04. The van der Waals surface area contributed by atoms with Crippen molar-refractivity contribution in [3.63, 3.8) is 0 Å². The molecular formula is C14H18N2O2S2. The van der Waals surface area contributed by atoms with Gasteiger partial charge in [-0.05, 0) is 18.1 Å². The summed E-state index contributed by atoms with van der Waals surface area (Å²) in [4.78, 5) is 0. The lowest BCUT2D eigenvalue weighted by atomic mass is 10.1. The number of hydrogen-bond acceptors (Lipinski definition) is 4. The number of thiophene rings is 1. The van der Waals surface area contributed by atoms with Gasteiger partial charge < -0.3 is 5.73 Å². The van der Waals surface area contributed by atoms with Crippen LogP contribution in [0.2, 0.25) is 0 Å². The van der Waals surface area contributed by atoms with Crippen molar-refractivity contribution in [2.24, 2.45) is 0 Å². The van der Waals surface area contributed by atoms with E-state index < -0.39 is 10.0 Å². The van der Waals surface area contributed by atoms with Crippen LogP contribution in [-0.2, 0) is 16.4 Å². The molecule has 0 radical (unpaired) electrons. The summed E-state index contributed by atoms with van der Waals surface area (Å²) in [6.07, 6.45) is 0.703. The first-order valence-corrected chi connectivity index (χ1v) is 8.74. The summed E-state index contributed by atoms with van der Waals surface area (Å²) in [5.74, 6) is 0. The standard InChI is InChI=1S/C14H18N2O2S2/c1-2-16(9-8-12-6-4-3-5-7-12)20(17,18)14-10-13(15)11-19-14/h3-7,10-11H,2,8-9,15H2,1H3. The van der Waals surface area contributed by atoms with Crippen LogP contribution in [0.3, 0.4) is 0 Å². The number of likely N-dealkylation sites (N-methyl/N-ethyl adjacent to an activating group) is 1. The van der Waals surface area contributed by atoms with Gasteiger partial charge in [-0.2, -0.15) is 4.31 Å². The predicted octanol–water partition coefficient (Wildman–Crippen LogP) is 2.58. The minimum Gasteiger partial charge on any atom is -0.398 e. The van der Waals surface area contributed by atoms with Crippen LogP contribution in [0.25, 0.3) is 0 Å². The first kappa shape index (κ1) is 15.0. The minimum atomic E-state index is -3.43. The molecule has 0 aliphatic rings. The Bertz CT molecular complexity index is 651. The molecule has 0 spiro atoms. The highest BCUT2D eigenvalue weighted by atomic mass is 32.2. The first-order chi connectivity index (χ1) is 9.54. The highest BCUT2D eigenvalue weighted by Gasteiger charge is 2.24. The number of anilines is 1. The van der Waals surface area contributed by atoms with E-state index in [2.05, 4.69) is 0 Å². The molecule has 108 valence electrons.